The summed E-state index contributed by atoms with van der Waals surface area (Å²) in [6, 6.07) is 0. The third kappa shape index (κ3) is 3.10. The number of aromatic nitrogens is 2. The van der Waals surface area contributed by atoms with Crippen molar-refractivity contribution in [1.82, 2.24) is 9.78 Å². The van der Waals surface area contributed by atoms with E-state index in [1.54, 1.807) is 10.9 Å². The SMILES string of the molecule is CO.Cn1cc(N)c(OC2CCOC2)n1. The van der Waals surface area contributed by atoms with Crippen molar-refractivity contribution in [2.24, 2.45) is 7.05 Å². The summed E-state index contributed by atoms with van der Waals surface area (Å²) in [4.78, 5) is 0. The fourth-order valence-electron chi connectivity index (χ4n) is 1.34. The molecule has 1 saturated heterocycles. The molecule has 15 heavy (non-hydrogen) atoms. The highest BCUT2D eigenvalue weighted by atomic mass is 16.5. The first-order chi connectivity index (χ1) is 7.25. The monoisotopic (exact) mass is 215 g/mol. The van der Waals surface area contributed by atoms with Gasteiger partial charge < -0.3 is 20.3 Å². The first-order valence-electron chi connectivity index (χ1n) is 4.74. The van der Waals surface area contributed by atoms with E-state index in [9.17, 15) is 0 Å². The van der Waals surface area contributed by atoms with Crippen LogP contribution in [0, 0.1) is 0 Å². The van der Waals surface area contributed by atoms with Crippen LogP contribution in [0.15, 0.2) is 6.20 Å². The Kier molecular flexibility index (Phi) is 4.38. The molecule has 0 aliphatic carbocycles. The second kappa shape index (κ2) is 5.57. The first-order valence-corrected chi connectivity index (χ1v) is 4.74. The Morgan fingerprint density at radius 2 is 2.40 bits per heavy atom. The number of aryl methyl sites for hydroxylation is 1. The maximum absolute atomic E-state index is 7.00. The van der Waals surface area contributed by atoms with Gasteiger partial charge in [-0.25, -0.2) is 0 Å². The Morgan fingerprint density at radius 3 is 2.87 bits per heavy atom. The number of hydrogen-bond acceptors (Lipinski definition) is 5. The standard InChI is InChI=1S/C8H13N3O2.CH4O/c1-11-4-7(9)8(10-11)13-6-2-3-12-5-6;1-2/h4,6H,2-3,5,9H2,1H3;2H,1H3. The molecule has 0 radical (unpaired) electrons. The average molecular weight is 215 g/mol. The zero-order valence-corrected chi connectivity index (χ0v) is 9.01. The number of hydrogen-bond donors (Lipinski definition) is 2. The molecule has 2 heterocycles. The van der Waals surface area contributed by atoms with Gasteiger partial charge in [-0.15, -0.1) is 5.10 Å². The summed E-state index contributed by atoms with van der Waals surface area (Å²) in [6.45, 7) is 1.40. The van der Waals surface area contributed by atoms with Gasteiger partial charge in [-0.1, -0.05) is 0 Å². The first kappa shape index (κ1) is 11.8. The highest BCUT2D eigenvalue weighted by Gasteiger charge is 2.19. The lowest BCUT2D eigenvalue weighted by molar-refractivity contribution is 0.138. The fourth-order valence-corrected chi connectivity index (χ4v) is 1.34. The van der Waals surface area contributed by atoms with Gasteiger partial charge in [0.25, 0.3) is 5.88 Å². The topological polar surface area (TPSA) is 82.5 Å². The van der Waals surface area contributed by atoms with E-state index >= 15 is 0 Å². The van der Waals surface area contributed by atoms with Crippen molar-refractivity contribution in [3.8, 4) is 5.88 Å². The molecule has 1 aliphatic heterocycles. The van der Waals surface area contributed by atoms with Crippen molar-refractivity contribution in [2.45, 2.75) is 12.5 Å². The Bertz CT molecular complexity index is 295. The minimum atomic E-state index is 0.109. The molecule has 86 valence electrons. The maximum Gasteiger partial charge on any atom is 0.256 e. The maximum atomic E-state index is 7.00. The van der Waals surface area contributed by atoms with Crippen LogP contribution in [-0.4, -0.2) is 41.3 Å². The summed E-state index contributed by atoms with van der Waals surface area (Å²) in [7, 11) is 2.81. The third-order valence-electron chi connectivity index (χ3n) is 1.99. The van der Waals surface area contributed by atoms with Gasteiger partial charge in [0.05, 0.1) is 19.4 Å². The third-order valence-corrected chi connectivity index (χ3v) is 1.99. The van der Waals surface area contributed by atoms with Gasteiger partial charge in [0.15, 0.2) is 0 Å². The number of ether oxygens (including phenoxy) is 2. The van der Waals surface area contributed by atoms with Crippen molar-refractivity contribution in [2.75, 3.05) is 26.1 Å². The molecule has 1 unspecified atom stereocenters. The minimum absolute atomic E-state index is 0.109. The molecule has 1 aromatic rings. The molecule has 1 aliphatic rings. The molecule has 1 fully saturated rings. The summed E-state index contributed by atoms with van der Waals surface area (Å²) >= 11 is 0. The Hall–Kier alpha value is -1.27. The second-order valence-electron chi connectivity index (χ2n) is 3.17. The highest BCUT2D eigenvalue weighted by molar-refractivity contribution is 5.45. The van der Waals surface area contributed by atoms with E-state index in [0.717, 1.165) is 20.1 Å². The quantitative estimate of drug-likeness (QED) is 0.712. The molecule has 3 N–H and O–H groups in total. The normalized spacial score (nSPS) is 19.5. The summed E-state index contributed by atoms with van der Waals surface area (Å²) < 4.78 is 12.4. The minimum Gasteiger partial charge on any atom is -0.469 e. The zero-order chi connectivity index (χ0) is 11.3. The molecular formula is C9H17N3O3. The lowest BCUT2D eigenvalue weighted by Gasteiger charge is -2.08. The van der Waals surface area contributed by atoms with Crippen LogP contribution in [0.5, 0.6) is 5.88 Å². The van der Waals surface area contributed by atoms with E-state index in [1.165, 1.54) is 0 Å². The molecule has 0 amide bonds. The fraction of sp³-hybridized carbons (Fsp3) is 0.667. The van der Waals surface area contributed by atoms with Crippen LogP contribution in [0.25, 0.3) is 0 Å². The van der Waals surface area contributed by atoms with Crippen molar-refractivity contribution < 1.29 is 14.6 Å². The van der Waals surface area contributed by atoms with Crippen molar-refractivity contribution in [3.05, 3.63) is 6.20 Å². The molecular weight excluding hydrogens is 198 g/mol. The number of aliphatic hydroxyl groups is 1. The van der Waals surface area contributed by atoms with Crippen LogP contribution in [0.3, 0.4) is 0 Å². The Morgan fingerprint density at radius 1 is 1.67 bits per heavy atom. The van der Waals surface area contributed by atoms with E-state index in [1.807, 2.05) is 7.05 Å². The van der Waals surface area contributed by atoms with Gasteiger partial charge in [-0.2, -0.15) is 0 Å². The van der Waals surface area contributed by atoms with Gasteiger partial charge in [-0.3, -0.25) is 4.68 Å². The molecule has 2 rings (SSSR count). The van der Waals surface area contributed by atoms with Gasteiger partial charge in [0.1, 0.15) is 11.8 Å². The average Bonchev–Trinajstić information content (AvgIpc) is 2.82. The van der Waals surface area contributed by atoms with Crippen molar-refractivity contribution >= 4 is 5.69 Å². The molecule has 1 atom stereocenters. The van der Waals surface area contributed by atoms with Crippen LogP contribution in [0.4, 0.5) is 5.69 Å². The molecule has 0 spiro atoms. The molecule has 0 aromatic carbocycles. The second-order valence-corrected chi connectivity index (χ2v) is 3.17. The van der Waals surface area contributed by atoms with E-state index in [-0.39, 0.29) is 6.10 Å². The number of aliphatic hydroxyl groups excluding tert-OH is 1. The predicted octanol–water partition coefficient (Wildman–Crippen LogP) is -0.222. The van der Waals surface area contributed by atoms with Crippen LogP contribution in [-0.2, 0) is 11.8 Å². The Labute approximate surface area is 88.6 Å². The molecule has 0 saturated carbocycles. The van der Waals surface area contributed by atoms with Crippen molar-refractivity contribution in [3.63, 3.8) is 0 Å². The van der Waals surface area contributed by atoms with Gasteiger partial charge in [0, 0.05) is 20.6 Å². The number of rotatable bonds is 2. The van der Waals surface area contributed by atoms with Crippen LogP contribution in [0.2, 0.25) is 0 Å². The van der Waals surface area contributed by atoms with Crippen LogP contribution < -0.4 is 10.5 Å². The molecule has 6 heteroatoms. The predicted molar refractivity (Wildman–Crippen MR) is 55.6 cm³/mol. The van der Waals surface area contributed by atoms with Crippen LogP contribution >= 0.6 is 0 Å². The van der Waals surface area contributed by atoms with Gasteiger partial charge >= 0.3 is 0 Å². The zero-order valence-electron chi connectivity index (χ0n) is 9.01. The van der Waals surface area contributed by atoms with Crippen molar-refractivity contribution in [1.29, 1.82) is 0 Å². The molecule has 6 nitrogen and oxygen atoms in total. The lowest BCUT2D eigenvalue weighted by atomic mass is 10.3. The van der Waals surface area contributed by atoms with Gasteiger partial charge in [0.2, 0.25) is 0 Å². The van der Waals surface area contributed by atoms with E-state index < -0.39 is 0 Å². The smallest absolute Gasteiger partial charge is 0.256 e. The lowest BCUT2D eigenvalue weighted by Crippen LogP contribution is -2.16. The summed E-state index contributed by atoms with van der Waals surface area (Å²) in [6.07, 6.45) is 2.75. The number of nitrogens with zero attached hydrogens (tertiary/aromatic N) is 2. The number of anilines is 1. The van der Waals surface area contributed by atoms with E-state index in [0.29, 0.717) is 18.2 Å². The number of nitrogens with two attached hydrogens (primary N) is 1. The highest BCUT2D eigenvalue weighted by Crippen LogP contribution is 2.21. The summed E-state index contributed by atoms with van der Waals surface area (Å²) in [5.74, 6) is 0.512. The summed E-state index contributed by atoms with van der Waals surface area (Å²) in [5.41, 5.74) is 6.25. The largest absolute Gasteiger partial charge is 0.469 e. The molecule has 1 aromatic heterocycles. The van der Waals surface area contributed by atoms with E-state index in [2.05, 4.69) is 5.10 Å². The Balaban J connectivity index is 0.000000531. The van der Waals surface area contributed by atoms with E-state index in [4.69, 9.17) is 20.3 Å². The van der Waals surface area contributed by atoms with Crippen LogP contribution in [0.1, 0.15) is 6.42 Å². The molecule has 0 bridgehead atoms. The number of nitrogen functional groups attached to an aromatic ring is 1. The summed E-state index contributed by atoms with van der Waals surface area (Å²) in [5, 5.41) is 11.1. The van der Waals surface area contributed by atoms with Gasteiger partial charge in [-0.05, 0) is 0 Å².